The largest absolute Gasteiger partial charge is 0.330 e. The molecule has 3 rings (SSSR count). The van der Waals surface area contributed by atoms with Crippen LogP contribution in [0.1, 0.15) is 30.9 Å². The van der Waals surface area contributed by atoms with Gasteiger partial charge in [0.2, 0.25) is 5.13 Å². The molecule has 3 aromatic rings. The average molecular weight is 388 g/mol. The Labute approximate surface area is 161 Å². The minimum absolute atomic E-state index is 0.545. The Morgan fingerprint density at radius 3 is 2.36 bits per heavy atom. The van der Waals surface area contributed by atoms with Gasteiger partial charge in [-0.05, 0) is 47.6 Å². The van der Waals surface area contributed by atoms with Crippen LogP contribution in [0.25, 0.3) is 0 Å². The van der Waals surface area contributed by atoms with E-state index in [1.807, 2.05) is 0 Å². The van der Waals surface area contributed by atoms with E-state index in [4.69, 9.17) is 0 Å². The molecule has 0 saturated carbocycles. The zero-order valence-electron chi connectivity index (χ0n) is 14.5. The van der Waals surface area contributed by atoms with E-state index in [1.165, 1.54) is 16.0 Å². The van der Waals surface area contributed by atoms with Crippen molar-refractivity contribution in [3.8, 4) is 0 Å². The van der Waals surface area contributed by atoms with Gasteiger partial charge in [-0.3, -0.25) is 0 Å². The highest BCUT2D eigenvalue weighted by Gasteiger charge is 2.06. The maximum atomic E-state index is 4.27. The van der Waals surface area contributed by atoms with Crippen molar-refractivity contribution in [1.82, 2.24) is 10.2 Å². The fraction of sp³-hybridized carbons (Fsp3) is 0.263. The van der Waals surface area contributed by atoms with Crippen molar-refractivity contribution in [1.29, 1.82) is 0 Å². The summed E-state index contributed by atoms with van der Waals surface area (Å²) >= 11 is 5.08. The molecule has 0 radical (unpaired) electrons. The fourth-order valence-corrected chi connectivity index (χ4v) is 4.40. The SMILES string of the molecule is CSc1ccc(CSc2nnc(Nc3ccc(C(C)C)cc3)s2)cc1. The number of nitrogens with zero attached hydrogens (tertiary/aromatic N) is 2. The topological polar surface area (TPSA) is 37.8 Å². The van der Waals surface area contributed by atoms with Crippen molar-refractivity contribution in [3.63, 3.8) is 0 Å². The van der Waals surface area contributed by atoms with Gasteiger partial charge in [0.25, 0.3) is 0 Å². The molecule has 6 heteroatoms. The molecule has 0 bridgehead atoms. The number of nitrogens with one attached hydrogen (secondary N) is 1. The maximum Gasteiger partial charge on any atom is 0.210 e. The van der Waals surface area contributed by atoms with Crippen LogP contribution in [0.5, 0.6) is 0 Å². The molecule has 0 fully saturated rings. The molecule has 1 aromatic heterocycles. The highest BCUT2D eigenvalue weighted by molar-refractivity contribution is 8.00. The van der Waals surface area contributed by atoms with Crippen molar-refractivity contribution >= 4 is 45.7 Å². The van der Waals surface area contributed by atoms with Crippen molar-refractivity contribution in [2.45, 2.75) is 34.8 Å². The van der Waals surface area contributed by atoms with E-state index in [1.54, 1.807) is 34.9 Å². The van der Waals surface area contributed by atoms with E-state index in [9.17, 15) is 0 Å². The van der Waals surface area contributed by atoms with E-state index in [2.05, 4.69) is 84.1 Å². The zero-order valence-corrected chi connectivity index (χ0v) is 17.0. The summed E-state index contributed by atoms with van der Waals surface area (Å²) in [6.07, 6.45) is 2.09. The average Bonchev–Trinajstić information content (AvgIpc) is 3.08. The summed E-state index contributed by atoms with van der Waals surface area (Å²) in [4.78, 5) is 1.29. The Bertz CT molecular complexity index is 796. The van der Waals surface area contributed by atoms with Gasteiger partial charge in [0.1, 0.15) is 0 Å². The standard InChI is InChI=1S/C19H21N3S3/c1-13(2)15-6-8-16(9-7-15)20-18-21-22-19(25-18)24-12-14-4-10-17(23-3)11-5-14/h4-11,13H,12H2,1-3H3,(H,20,21). The Balaban J connectivity index is 1.56. The molecule has 0 unspecified atom stereocenters. The van der Waals surface area contributed by atoms with Gasteiger partial charge in [0.15, 0.2) is 4.34 Å². The van der Waals surface area contributed by atoms with Crippen molar-refractivity contribution in [3.05, 3.63) is 59.7 Å². The minimum atomic E-state index is 0.545. The van der Waals surface area contributed by atoms with Gasteiger partial charge in [-0.1, -0.05) is 61.2 Å². The molecule has 1 N–H and O–H groups in total. The summed E-state index contributed by atoms with van der Waals surface area (Å²) in [5.74, 6) is 1.45. The van der Waals surface area contributed by atoms with E-state index < -0.39 is 0 Å². The maximum absolute atomic E-state index is 4.27. The molecule has 2 aromatic carbocycles. The number of thioether (sulfide) groups is 2. The zero-order chi connectivity index (χ0) is 17.6. The number of anilines is 2. The van der Waals surface area contributed by atoms with Crippen LogP contribution in [-0.4, -0.2) is 16.5 Å². The first-order valence-corrected chi connectivity index (χ1v) is 11.1. The Kier molecular flexibility index (Phi) is 6.39. The molecule has 0 saturated heterocycles. The first-order valence-electron chi connectivity index (χ1n) is 8.10. The van der Waals surface area contributed by atoms with E-state index in [0.717, 1.165) is 20.9 Å². The third kappa shape index (κ3) is 5.23. The predicted octanol–water partition coefficient (Wildman–Crippen LogP) is 6.42. The van der Waals surface area contributed by atoms with Crippen molar-refractivity contribution < 1.29 is 0 Å². The van der Waals surface area contributed by atoms with Gasteiger partial charge in [0, 0.05) is 16.3 Å². The van der Waals surface area contributed by atoms with Gasteiger partial charge in [-0.2, -0.15) is 0 Å². The van der Waals surface area contributed by atoms with Gasteiger partial charge in [-0.15, -0.1) is 22.0 Å². The molecule has 0 spiro atoms. The molecule has 25 heavy (non-hydrogen) atoms. The van der Waals surface area contributed by atoms with Crippen LogP contribution < -0.4 is 5.32 Å². The van der Waals surface area contributed by atoms with Crippen molar-refractivity contribution in [2.24, 2.45) is 0 Å². The van der Waals surface area contributed by atoms with Gasteiger partial charge >= 0.3 is 0 Å². The minimum Gasteiger partial charge on any atom is -0.330 e. The van der Waals surface area contributed by atoms with Gasteiger partial charge in [-0.25, -0.2) is 0 Å². The second-order valence-electron chi connectivity index (χ2n) is 5.91. The van der Waals surface area contributed by atoms with Crippen LogP contribution in [-0.2, 0) is 5.75 Å². The Morgan fingerprint density at radius 2 is 1.72 bits per heavy atom. The van der Waals surface area contributed by atoms with Crippen LogP contribution in [0.2, 0.25) is 0 Å². The van der Waals surface area contributed by atoms with Crippen LogP contribution in [0.15, 0.2) is 57.8 Å². The lowest BCUT2D eigenvalue weighted by Crippen LogP contribution is -1.91. The van der Waals surface area contributed by atoms with E-state index >= 15 is 0 Å². The fourth-order valence-electron chi connectivity index (χ4n) is 2.26. The summed E-state index contributed by atoms with van der Waals surface area (Å²) in [5, 5.41) is 12.7. The molecule has 0 aliphatic rings. The van der Waals surface area contributed by atoms with Crippen molar-refractivity contribution in [2.75, 3.05) is 11.6 Å². The second-order valence-corrected chi connectivity index (χ2v) is 8.99. The molecular weight excluding hydrogens is 366 g/mol. The molecule has 3 nitrogen and oxygen atoms in total. The number of aromatic nitrogens is 2. The summed E-state index contributed by atoms with van der Waals surface area (Å²) in [7, 11) is 0. The smallest absolute Gasteiger partial charge is 0.210 e. The summed E-state index contributed by atoms with van der Waals surface area (Å²) < 4.78 is 0.982. The highest BCUT2D eigenvalue weighted by Crippen LogP contribution is 2.30. The monoisotopic (exact) mass is 387 g/mol. The number of hydrogen-bond acceptors (Lipinski definition) is 6. The van der Waals surface area contributed by atoms with Crippen LogP contribution >= 0.6 is 34.9 Å². The summed E-state index contributed by atoms with van der Waals surface area (Å²) in [6.45, 7) is 4.40. The first-order chi connectivity index (χ1) is 12.1. The van der Waals surface area contributed by atoms with Crippen LogP contribution in [0.4, 0.5) is 10.8 Å². The summed E-state index contributed by atoms with van der Waals surface area (Å²) in [5.41, 5.74) is 3.69. The third-order valence-electron chi connectivity index (χ3n) is 3.76. The molecular formula is C19H21N3S3. The molecule has 0 aliphatic heterocycles. The second kappa shape index (κ2) is 8.74. The molecule has 0 aliphatic carbocycles. The molecule has 1 heterocycles. The lowest BCUT2D eigenvalue weighted by molar-refractivity contribution is 0.867. The lowest BCUT2D eigenvalue weighted by atomic mass is 10.0. The number of benzene rings is 2. The summed E-state index contributed by atoms with van der Waals surface area (Å²) in [6, 6.07) is 17.2. The molecule has 0 atom stereocenters. The number of hydrogen-bond donors (Lipinski definition) is 1. The van der Waals surface area contributed by atoms with E-state index in [-0.39, 0.29) is 0 Å². The quantitative estimate of drug-likeness (QED) is 0.474. The predicted molar refractivity (Wildman–Crippen MR) is 112 cm³/mol. The lowest BCUT2D eigenvalue weighted by Gasteiger charge is -2.06. The Morgan fingerprint density at radius 1 is 1.00 bits per heavy atom. The van der Waals surface area contributed by atoms with E-state index in [0.29, 0.717) is 5.92 Å². The normalized spacial score (nSPS) is 11.0. The van der Waals surface area contributed by atoms with Crippen LogP contribution in [0.3, 0.4) is 0 Å². The number of rotatable bonds is 7. The van der Waals surface area contributed by atoms with Gasteiger partial charge < -0.3 is 5.32 Å². The first kappa shape index (κ1) is 18.3. The molecule has 130 valence electrons. The third-order valence-corrected chi connectivity index (χ3v) is 6.54. The Hall–Kier alpha value is -1.50. The molecule has 0 amide bonds. The van der Waals surface area contributed by atoms with Gasteiger partial charge in [0.05, 0.1) is 0 Å². The van der Waals surface area contributed by atoms with Crippen LogP contribution in [0, 0.1) is 0 Å². The highest BCUT2D eigenvalue weighted by atomic mass is 32.2.